The van der Waals surface area contributed by atoms with E-state index in [1.165, 1.54) is 0 Å². The minimum absolute atomic E-state index is 0.0946. The molecule has 2 aromatic rings. The molecule has 0 aromatic carbocycles. The average Bonchev–Trinajstić information content (AvgIpc) is 3.06. The van der Waals surface area contributed by atoms with Crippen LogP contribution in [0.3, 0.4) is 0 Å². The van der Waals surface area contributed by atoms with E-state index in [2.05, 4.69) is 20.8 Å². The van der Waals surface area contributed by atoms with E-state index in [-0.39, 0.29) is 6.10 Å². The lowest BCUT2D eigenvalue weighted by atomic mass is 9.98. The van der Waals surface area contributed by atoms with Gasteiger partial charge in [-0.1, -0.05) is 0 Å². The molecule has 0 bridgehead atoms. The first-order chi connectivity index (χ1) is 9.72. The van der Waals surface area contributed by atoms with Crippen LogP contribution >= 0.6 is 11.3 Å². The van der Waals surface area contributed by atoms with E-state index < -0.39 is 0 Å². The lowest BCUT2D eigenvalue weighted by Crippen LogP contribution is -2.39. The molecule has 6 heteroatoms. The molecule has 0 saturated carbocycles. The van der Waals surface area contributed by atoms with Gasteiger partial charge >= 0.3 is 0 Å². The molecule has 0 radical (unpaired) electrons. The molecule has 3 heterocycles. The minimum Gasteiger partial charge on any atom is -0.372 e. The van der Waals surface area contributed by atoms with Crippen molar-refractivity contribution in [1.82, 2.24) is 20.1 Å². The van der Waals surface area contributed by atoms with Crippen molar-refractivity contribution in [3.8, 4) is 0 Å². The predicted molar refractivity (Wildman–Crippen MR) is 78.6 cm³/mol. The average molecular weight is 292 g/mol. The standard InChI is InChI=1S/C14H20N4OS/c1-10-17-12(9-20-10)7-15-13-4-3-5-19-14(13)11-6-16-18(2)8-11/h6,8-9,13-15H,3-5,7H2,1-2H3/t13-,14+/m0/s1. The molecule has 1 N–H and O–H groups in total. The van der Waals surface area contributed by atoms with Crippen LogP contribution in [0.15, 0.2) is 17.8 Å². The highest BCUT2D eigenvalue weighted by atomic mass is 32.1. The first-order valence-corrected chi connectivity index (χ1v) is 7.85. The van der Waals surface area contributed by atoms with Gasteiger partial charge in [0, 0.05) is 43.4 Å². The molecule has 1 aliphatic rings. The summed E-state index contributed by atoms with van der Waals surface area (Å²) in [6.07, 6.45) is 6.26. The molecule has 108 valence electrons. The second kappa shape index (κ2) is 6.03. The summed E-state index contributed by atoms with van der Waals surface area (Å²) >= 11 is 1.70. The van der Waals surface area contributed by atoms with Gasteiger partial charge < -0.3 is 10.1 Å². The Bertz CT molecular complexity index is 565. The number of ether oxygens (including phenoxy) is 1. The van der Waals surface area contributed by atoms with Gasteiger partial charge in [-0.3, -0.25) is 4.68 Å². The zero-order chi connectivity index (χ0) is 13.9. The Morgan fingerprint density at radius 1 is 1.55 bits per heavy atom. The Labute approximate surface area is 123 Å². The van der Waals surface area contributed by atoms with E-state index in [1.54, 1.807) is 11.3 Å². The second-order valence-electron chi connectivity index (χ2n) is 5.23. The van der Waals surface area contributed by atoms with Gasteiger partial charge in [0.2, 0.25) is 0 Å². The molecule has 0 aliphatic carbocycles. The molecule has 1 fully saturated rings. The topological polar surface area (TPSA) is 52.0 Å². The largest absolute Gasteiger partial charge is 0.372 e. The summed E-state index contributed by atoms with van der Waals surface area (Å²) < 4.78 is 7.78. The zero-order valence-corrected chi connectivity index (χ0v) is 12.7. The molecule has 0 spiro atoms. The lowest BCUT2D eigenvalue weighted by Gasteiger charge is -2.31. The summed E-state index contributed by atoms with van der Waals surface area (Å²) in [6.45, 7) is 3.67. The molecule has 20 heavy (non-hydrogen) atoms. The van der Waals surface area contributed by atoms with E-state index in [9.17, 15) is 0 Å². The quantitative estimate of drug-likeness (QED) is 0.938. The van der Waals surface area contributed by atoms with Crippen molar-refractivity contribution in [2.45, 2.75) is 38.5 Å². The van der Waals surface area contributed by atoms with Crippen molar-refractivity contribution < 1.29 is 4.74 Å². The molecular formula is C14H20N4OS. The number of nitrogens with zero attached hydrogens (tertiary/aromatic N) is 3. The highest BCUT2D eigenvalue weighted by Gasteiger charge is 2.28. The third-order valence-electron chi connectivity index (χ3n) is 3.59. The number of hydrogen-bond acceptors (Lipinski definition) is 5. The Balaban J connectivity index is 1.66. The van der Waals surface area contributed by atoms with Gasteiger partial charge in [-0.2, -0.15) is 5.10 Å². The van der Waals surface area contributed by atoms with E-state index in [0.717, 1.165) is 42.3 Å². The van der Waals surface area contributed by atoms with Crippen LogP contribution < -0.4 is 5.32 Å². The summed E-state index contributed by atoms with van der Waals surface area (Å²) in [4.78, 5) is 4.50. The molecular weight excluding hydrogens is 272 g/mol. The van der Waals surface area contributed by atoms with Gasteiger partial charge in [-0.25, -0.2) is 4.98 Å². The first kappa shape index (κ1) is 13.7. The molecule has 0 amide bonds. The Hall–Kier alpha value is -1.24. The predicted octanol–water partition coefficient (Wildman–Crippen LogP) is 2.19. The van der Waals surface area contributed by atoms with Crippen molar-refractivity contribution >= 4 is 11.3 Å². The SMILES string of the molecule is Cc1nc(CN[C@H]2CCCO[C@@H]2c2cnn(C)c2)cs1. The number of hydrogen-bond donors (Lipinski definition) is 1. The highest BCUT2D eigenvalue weighted by Crippen LogP contribution is 2.28. The molecule has 3 rings (SSSR count). The zero-order valence-electron chi connectivity index (χ0n) is 11.9. The fourth-order valence-electron chi connectivity index (χ4n) is 2.63. The number of aryl methyl sites for hydroxylation is 2. The van der Waals surface area contributed by atoms with E-state index >= 15 is 0 Å². The Morgan fingerprint density at radius 2 is 2.45 bits per heavy atom. The summed E-state index contributed by atoms with van der Waals surface area (Å²) in [5.41, 5.74) is 2.27. The smallest absolute Gasteiger partial charge is 0.101 e. The molecule has 1 saturated heterocycles. The van der Waals surface area contributed by atoms with Crippen LogP contribution in [0.2, 0.25) is 0 Å². The summed E-state index contributed by atoms with van der Waals surface area (Å²) in [7, 11) is 1.94. The van der Waals surface area contributed by atoms with Crippen LogP contribution in [0.25, 0.3) is 0 Å². The maximum Gasteiger partial charge on any atom is 0.101 e. The second-order valence-corrected chi connectivity index (χ2v) is 6.29. The number of aromatic nitrogens is 3. The summed E-state index contributed by atoms with van der Waals surface area (Å²) in [5, 5.41) is 11.1. The van der Waals surface area contributed by atoms with Crippen LogP contribution in [-0.2, 0) is 18.3 Å². The number of rotatable bonds is 4. The maximum atomic E-state index is 5.95. The van der Waals surface area contributed by atoms with E-state index in [0.29, 0.717) is 6.04 Å². The van der Waals surface area contributed by atoms with Gasteiger partial charge in [0.1, 0.15) is 6.10 Å². The first-order valence-electron chi connectivity index (χ1n) is 6.97. The summed E-state index contributed by atoms with van der Waals surface area (Å²) in [5.74, 6) is 0. The van der Waals surface area contributed by atoms with Crippen molar-refractivity contribution in [3.05, 3.63) is 34.0 Å². The molecule has 2 atom stereocenters. The van der Waals surface area contributed by atoms with Crippen molar-refractivity contribution in [3.63, 3.8) is 0 Å². The van der Waals surface area contributed by atoms with E-state index in [1.807, 2.05) is 31.0 Å². The van der Waals surface area contributed by atoms with Crippen molar-refractivity contribution in [1.29, 1.82) is 0 Å². The van der Waals surface area contributed by atoms with Crippen molar-refractivity contribution in [2.24, 2.45) is 7.05 Å². The van der Waals surface area contributed by atoms with Gasteiger partial charge in [0.05, 0.1) is 16.9 Å². The van der Waals surface area contributed by atoms with E-state index in [4.69, 9.17) is 4.74 Å². The Morgan fingerprint density at radius 3 is 3.15 bits per heavy atom. The van der Waals surface area contributed by atoms with Crippen LogP contribution in [0.4, 0.5) is 0 Å². The van der Waals surface area contributed by atoms with Gasteiger partial charge in [0.25, 0.3) is 0 Å². The van der Waals surface area contributed by atoms with Crippen LogP contribution in [-0.4, -0.2) is 27.4 Å². The summed E-state index contributed by atoms with van der Waals surface area (Å²) in [6, 6.07) is 0.329. The maximum absolute atomic E-state index is 5.95. The van der Waals surface area contributed by atoms with Crippen LogP contribution in [0, 0.1) is 6.92 Å². The van der Waals surface area contributed by atoms with Crippen molar-refractivity contribution in [2.75, 3.05) is 6.61 Å². The Kier molecular flexibility index (Phi) is 4.14. The van der Waals surface area contributed by atoms with Crippen LogP contribution in [0.5, 0.6) is 0 Å². The number of thiazole rings is 1. The molecule has 2 aromatic heterocycles. The van der Waals surface area contributed by atoms with Gasteiger partial charge in [-0.05, 0) is 19.8 Å². The monoisotopic (exact) mass is 292 g/mol. The van der Waals surface area contributed by atoms with Gasteiger partial charge in [-0.15, -0.1) is 11.3 Å². The highest BCUT2D eigenvalue weighted by molar-refractivity contribution is 7.09. The lowest BCUT2D eigenvalue weighted by molar-refractivity contribution is -0.0113. The normalized spacial score (nSPS) is 23.1. The van der Waals surface area contributed by atoms with Gasteiger partial charge in [0.15, 0.2) is 0 Å². The number of nitrogens with one attached hydrogen (secondary N) is 1. The third kappa shape index (κ3) is 3.08. The molecule has 1 aliphatic heterocycles. The molecule has 5 nitrogen and oxygen atoms in total. The fourth-order valence-corrected chi connectivity index (χ4v) is 3.24. The minimum atomic E-state index is 0.0946. The van der Waals surface area contributed by atoms with Crippen LogP contribution in [0.1, 0.15) is 35.2 Å². The third-order valence-corrected chi connectivity index (χ3v) is 4.41. The molecule has 0 unspecified atom stereocenters. The fraction of sp³-hybridized carbons (Fsp3) is 0.571.